The van der Waals surface area contributed by atoms with E-state index in [1.165, 1.54) is 20.2 Å². The number of hydrogen-bond acceptors (Lipinski definition) is 6. The molecule has 1 amide bonds. The zero-order chi connectivity index (χ0) is 21.5. The van der Waals surface area contributed by atoms with Gasteiger partial charge < -0.3 is 9.84 Å². The number of sulfonamides is 1. The topological polar surface area (TPSA) is 105 Å². The molecule has 3 aromatic rings. The van der Waals surface area contributed by atoms with E-state index >= 15 is 0 Å². The van der Waals surface area contributed by atoms with Crippen molar-refractivity contribution in [3.8, 4) is 0 Å². The van der Waals surface area contributed by atoms with Gasteiger partial charge in [-0.25, -0.2) is 17.7 Å². The van der Waals surface area contributed by atoms with Crippen molar-refractivity contribution in [2.75, 3.05) is 19.4 Å². The van der Waals surface area contributed by atoms with Crippen LogP contribution in [0.15, 0.2) is 33.7 Å². The van der Waals surface area contributed by atoms with Crippen LogP contribution in [0.1, 0.15) is 47.1 Å². The number of pyridine rings is 1. The Morgan fingerprint density at radius 1 is 1.17 bits per heavy atom. The lowest BCUT2D eigenvalue weighted by atomic mass is 10.0. The number of anilines is 1. The van der Waals surface area contributed by atoms with E-state index in [0.29, 0.717) is 39.3 Å². The molecule has 9 heteroatoms. The van der Waals surface area contributed by atoms with Gasteiger partial charge in [-0.15, -0.1) is 0 Å². The van der Waals surface area contributed by atoms with Crippen molar-refractivity contribution in [2.45, 2.75) is 38.5 Å². The molecular formula is C20H24N4O4S. The normalized spacial score (nSPS) is 12.1. The SMILES string of the molecule is Cc1ccc(NC(=O)c2cc(C(C)C)nc3onc(C)c23)cc1S(=O)(=O)N(C)C. The van der Waals surface area contributed by atoms with Crippen LogP contribution >= 0.6 is 0 Å². The Morgan fingerprint density at radius 2 is 1.86 bits per heavy atom. The lowest BCUT2D eigenvalue weighted by Crippen LogP contribution is -2.23. The smallest absolute Gasteiger partial charge is 0.259 e. The van der Waals surface area contributed by atoms with Gasteiger partial charge in [-0.05, 0) is 43.5 Å². The van der Waals surface area contributed by atoms with Crippen molar-refractivity contribution in [1.29, 1.82) is 0 Å². The summed E-state index contributed by atoms with van der Waals surface area (Å²) in [6, 6.07) is 6.52. The van der Waals surface area contributed by atoms with Crippen molar-refractivity contribution in [1.82, 2.24) is 14.4 Å². The standard InChI is InChI=1S/C20H24N4O4S/c1-11(2)16-10-15(18-13(4)23-28-20(18)22-16)19(25)21-14-8-7-12(3)17(9-14)29(26,27)24(5)6/h7-11H,1-6H3,(H,21,25). The van der Waals surface area contributed by atoms with Crippen molar-refractivity contribution >= 4 is 32.7 Å². The van der Waals surface area contributed by atoms with Crippen LogP contribution in [0.25, 0.3) is 11.1 Å². The Labute approximate surface area is 170 Å². The van der Waals surface area contributed by atoms with E-state index in [2.05, 4.69) is 15.5 Å². The molecule has 0 saturated heterocycles. The van der Waals surface area contributed by atoms with Gasteiger partial charge in [0.25, 0.3) is 11.6 Å². The number of fused-ring (bicyclic) bond motifs is 1. The molecule has 0 spiro atoms. The number of benzene rings is 1. The van der Waals surface area contributed by atoms with Crippen LogP contribution in [0.5, 0.6) is 0 Å². The van der Waals surface area contributed by atoms with Gasteiger partial charge in [-0.3, -0.25) is 4.79 Å². The Balaban J connectivity index is 2.05. The van der Waals surface area contributed by atoms with Gasteiger partial charge in [0.1, 0.15) is 0 Å². The number of rotatable bonds is 5. The summed E-state index contributed by atoms with van der Waals surface area (Å²) < 4.78 is 31.5. The van der Waals surface area contributed by atoms with Crippen molar-refractivity contribution in [3.05, 3.63) is 46.8 Å². The average Bonchev–Trinajstić information content (AvgIpc) is 3.03. The molecule has 0 fully saturated rings. The van der Waals surface area contributed by atoms with Crippen LogP contribution in [-0.4, -0.2) is 42.9 Å². The Morgan fingerprint density at radius 3 is 2.48 bits per heavy atom. The minimum Gasteiger partial charge on any atom is -0.336 e. The molecule has 0 atom stereocenters. The number of hydrogen-bond donors (Lipinski definition) is 1. The van der Waals surface area contributed by atoms with Gasteiger partial charge in [0.15, 0.2) is 0 Å². The predicted octanol–water partition coefficient (Wildman–Crippen LogP) is 3.47. The molecule has 0 aliphatic carbocycles. The van der Waals surface area contributed by atoms with Gasteiger partial charge in [0.05, 0.1) is 21.5 Å². The fourth-order valence-electron chi connectivity index (χ4n) is 2.94. The number of nitrogens with zero attached hydrogens (tertiary/aromatic N) is 3. The molecular weight excluding hydrogens is 392 g/mol. The summed E-state index contributed by atoms with van der Waals surface area (Å²) in [5.41, 5.74) is 2.94. The van der Waals surface area contributed by atoms with Crippen molar-refractivity contribution < 1.29 is 17.7 Å². The van der Waals surface area contributed by atoms with E-state index < -0.39 is 10.0 Å². The second-order valence-corrected chi connectivity index (χ2v) is 9.54. The second-order valence-electron chi connectivity index (χ2n) is 7.42. The monoisotopic (exact) mass is 416 g/mol. The number of carbonyl (C=O) groups is 1. The molecule has 0 radical (unpaired) electrons. The first-order chi connectivity index (χ1) is 13.5. The van der Waals surface area contributed by atoms with Crippen LogP contribution in [0, 0.1) is 13.8 Å². The highest BCUT2D eigenvalue weighted by atomic mass is 32.2. The van der Waals surface area contributed by atoms with E-state index in [9.17, 15) is 13.2 Å². The van der Waals surface area contributed by atoms with Crippen LogP contribution in [0.4, 0.5) is 5.69 Å². The lowest BCUT2D eigenvalue weighted by molar-refractivity contribution is 0.102. The number of aromatic nitrogens is 2. The quantitative estimate of drug-likeness (QED) is 0.683. The summed E-state index contributed by atoms with van der Waals surface area (Å²) in [6.45, 7) is 7.39. The fraction of sp³-hybridized carbons (Fsp3) is 0.350. The van der Waals surface area contributed by atoms with Crippen LogP contribution in [0.2, 0.25) is 0 Å². The lowest BCUT2D eigenvalue weighted by Gasteiger charge is -2.15. The first-order valence-electron chi connectivity index (χ1n) is 9.13. The third kappa shape index (κ3) is 3.88. The largest absolute Gasteiger partial charge is 0.336 e. The highest BCUT2D eigenvalue weighted by molar-refractivity contribution is 7.89. The summed E-state index contributed by atoms with van der Waals surface area (Å²) in [4.78, 5) is 17.6. The molecule has 154 valence electrons. The number of amides is 1. The number of aryl methyl sites for hydroxylation is 2. The molecule has 0 aliphatic rings. The summed E-state index contributed by atoms with van der Waals surface area (Å²) in [6.07, 6.45) is 0. The van der Waals surface area contributed by atoms with Gasteiger partial charge in [-0.2, -0.15) is 0 Å². The molecule has 1 N–H and O–H groups in total. The fourth-order valence-corrected chi connectivity index (χ4v) is 4.08. The van der Waals surface area contributed by atoms with E-state index in [0.717, 1.165) is 4.31 Å². The molecule has 0 aliphatic heterocycles. The molecule has 0 bridgehead atoms. The Kier molecular flexibility index (Phi) is 5.46. The van der Waals surface area contributed by atoms with Crippen molar-refractivity contribution in [2.24, 2.45) is 0 Å². The van der Waals surface area contributed by atoms with Crippen LogP contribution in [-0.2, 0) is 10.0 Å². The van der Waals surface area contributed by atoms with Gasteiger partial charge in [0.2, 0.25) is 10.0 Å². The molecule has 0 unspecified atom stereocenters. The maximum absolute atomic E-state index is 13.1. The summed E-state index contributed by atoms with van der Waals surface area (Å²) in [7, 11) is -0.698. The molecule has 3 rings (SSSR count). The zero-order valence-corrected chi connectivity index (χ0v) is 18.1. The minimum atomic E-state index is -3.63. The predicted molar refractivity (Wildman–Crippen MR) is 111 cm³/mol. The third-order valence-electron chi connectivity index (χ3n) is 4.68. The maximum Gasteiger partial charge on any atom is 0.259 e. The van der Waals surface area contributed by atoms with Gasteiger partial charge in [-0.1, -0.05) is 25.1 Å². The van der Waals surface area contributed by atoms with E-state index in [1.807, 2.05) is 13.8 Å². The zero-order valence-electron chi connectivity index (χ0n) is 17.3. The first-order valence-corrected chi connectivity index (χ1v) is 10.6. The summed E-state index contributed by atoms with van der Waals surface area (Å²) in [5, 5.41) is 7.26. The first kappa shape index (κ1) is 20.9. The summed E-state index contributed by atoms with van der Waals surface area (Å²) in [5.74, 6) is -0.296. The summed E-state index contributed by atoms with van der Waals surface area (Å²) >= 11 is 0. The van der Waals surface area contributed by atoms with Crippen LogP contribution < -0.4 is 5.32 Å². The Bertz CT molecular complexity index is 1200. The van der Waals surface area contributed by atoms with E-state index in [1.54, 1.807) is 32.0 Å². The molecule has 29 heavy (non-hydrogen) atoms. The van der Waals surface area contributed by atoms with Gasteiger partial charge in [0, 0.05) is 25.5 Å². The highest BCUT2D eigenvalue weighted by Gasteiger charge is 2.22. The van der Waals surface area contributed by atoms with E-state index in [-0.39, 0.29) is 16.7 Å². The van der Waals surface area contributed by atoms with Crippen molar-refractivity contribution in [3.63, 3.8) is 0 Å². The molecule has 2 heterocycles. The molecule has 2 aromatic heterocycles. The molecule has 8 nitrogen and oxygen atoms in total. The van der Waals surface area contributed by atoms with E-state index in [4.69, 9.17) is 4.52 Å². The van der Waals surface area contributed by atoms with Crippen LogP contribution in [0.3, 0.4) is 0 Å². The average molecular weight is 417 g/mol. The Hall–Kier alpha value is -2.78. The molecule has 0 saturated carbocycles. The number of carbonyl (C=O) groups excluding carboxylic acids is 1. The minimum absolute atomic E-state index is 0.0903. The maximum atomic E-state index is 13.1. The second kappa shape index (κ2) is 7.57. The number of nitrogens with one attached hydrogen (secondary N) is 1. The molecule has 1 aromatic carbocycles. The van der Waals surface area contributed by atoms with Gasteiger partial charge >= 0.3 is 0 Å². The third-order valence-corrected chi connectivity index (χ3v) is 6.63. The highest BCUT2D eigenvalue weighted by Crippen LogP contribution is 2.27.